The summed E-state index contributed by atoms with van der Waals surface area (Å²) in [6.45, 7) is 4.37. The number of nitrogens with two attached hydrogens (primary N) is 1. The van der Waals surface area contributed by atoms with Crippen LogP contribution in [0.3, 0.4) is 0 Å². The first kappa shape index (κ1) is 10.5. The van der Waals surface area contributed by atoms with Crippen LogP contribution < -0.4 is 10.5 Å². The maximum atomic E-state index is 5.68. The molecule has 5 heteroatoms. The van der Waals surface area contributed by atoms with E-state index in [0.717, 1.165) is 16.9 Å². The first-order chi connectivity index (χ1) is 7.66. The Morgan fingerprint density at radius 1 is 1.31 bits per heavy atom. The van der Waals surface area contributed by atoms with E-state index in [1.807, 2.05) is 32.0 Å². The molecule has 5 nitrogen and oxygen atoms in total. The number of para-hydroxylation sites is 1. The summed E-state index contributed by atoms with van der Waals surface area (Å²) < 4.78 is 5.68. The number of nitrogen functional groups attached to an aromatic ring is 1. The zero-order chi connectivity index (χ0) is 11.5. The molecule has 1 heterocycles. The molecule has 84 valence electrons. The van der Waals surface area contributed by atoms with Crippen molar-refractivity contribution < 1.29 is 4.74 Å². The lowest BCUT2D eigenvalue weighted by Gasteiger charge is -2.10. The first-order valence-electron chi connectivity index (χ1n) is 5.02. The van der Waals surface area contributed by atoms with Gasteiger partial charge in [0, 0.05) is 0 Å². The molecule has 0 atom stereocenters. The normalized spacial score (nSPS) is 10.4. The third-order valence-electron chi connectivity index (χ3n) is 2.31. The van der Waals surface area contributed by atoms with Crippen LogP contribution >= 0.6 is 0 Å². The molecule has 1 aromatic carbocycles. The van der Waals surface area contributed by atoms with Gasteiger partial charge in [-0.25, -0.2) is 0 Å². The second-order valence-corrected chi connectivity index (χ2v) is 3.65. The van der Waals surface area contributed by atoms with Crippen LogP contribution in [-0.4, -0.2) is 15.2 Å². The van der Waals surface area contributed by atoms with E-state index in [1.54, 1.807) is 0 Å². The predicted molar refractivity (Wildman–Crippen MR) is 61.0 cm³/mol. The summed E-state index contributed by atoms with van der Waals surface area (Å²) in [7, 11) is 0. The summed E-state index contributed by atoms with van der Waals surface area (Å²) in [6.07, 6.45) is 0. The Morgan fingerprint density at radius 2 is 2.00 bits per heavy atom. The summed E-state index contributed by atoms with van der Waals surface area (Å²) >= 11 is 0. The molecule has 0 radical (unpaired) electrons. The molecule has 0 saturated heterocycles. The van der Waals surface area contributed by atoms with E-state index in [1.165, 1.54) is 0 Å². The van der Waals surface area contributed by atoms with Crippen molar-refractivity contribution in [2.75, 3.05) is 5.73 Å². The van der Waals surface area contributed by atoms with E-state index in [2.05, 4.69) is 15.2 Å². The van der Waals surface area contributed by atoms with Crippen molar-refractivity contribution in [3.05, 3.63) is 35.2 Å². The van der Waals surface area contributed by atoms with Crippen molar-refractivity contribution in [3.63, 3.8) is 0 Å². The molecule has 0 fully saturated rings. The monoisotopic (exact) mass is 218 g/mol. The Balaban J connectivity index is 2.10. The van der Waals surface area contributed by atoms with E-state index in [-0.39, 0.29) is 5.95 Å². The molecule has 0 aliphatic carbocycles. The van der Waals surface area contributed by atoms with Gasteiger partial charge in [0.25, 0.3) is 0 Å². The molecule has 16 heavy (non-hydrogen) atoms. The van der Waals surface area contributed by atoms with Crippen LogP contribution in [0.4, 0.5) is 5.95 Å². The van der Waals surface area contributed by atoms with E-state index in [9.17, 15) is 0 Å². The van der Waals surface area contributed by atoms with Crippen molar-refractivity contribution in [2.24, 2.45) is 0 Å². The van der Waals surface area contributed by atoms with Gasteiger partial charge in [0.15, 0.2) is 5.82 Å². The molecule has 1 aromatic heterocycles. The largest absolute Gasteiger partial charge is 0.485 e. The highest BCUT2D eigenvalue weighted by atomic mass is 16.5. The van der Waals surface area contributed by atoms with Gasteiger partial charge in [-0.3, -0.25) is 5.10 Å². The molecule has 0 aliphatic heterocycles. The number of anilines is 1. The average Bonchev–Trinajstić information content (AvgIpc) is 2.63. The average molecular weight is 218 g/mol. The van der Waals surface area contributed by atoms with Crippen LogP contribution in [0.2, 0.25) is 0 Å². The number of aryl methyl sites for hydroxylation is 2. The summed E-state index contributed by atoms with van der Waals surface area (Å²) in [5.41, 5.74) is 7.61. The van der Waals surface area contributed by atoms with Crippen molar-refractivity contribution in [2.45, 2.75) is 20.5 Å². The van der Waals surface area contributed by atoms with Crippen LogP contribution in [0.5, 0.6) is 5.75 Å². The minimum atomic E-state index is 0.236. The number of hydrogen-bond donors (Lipinski definition) is 2. The van der Waals surface area contributed by atoms with E-state index in [0.29, 0.717) is 12.4 Å². The summed E-state index contributed by atoms with van der Waals surface area (Å²) in [5.74, 6) is 1.75. The molecular formula is C11H14N4O. The SMILES string of the molecule is Cc1cccc(C)c1OCc1nc(N)n[nH]1. The smallest absolute Gasteiger partial charge is 0.239 e. The number of aromatic amines is 1. The molecule has 0 bridgehead atoms. The fourth-order valence-corrected chi connectivity index (χ4v) is 1.54. The lowest BCUT2D eigenvalue weighted by Crippen LogP contribution is -2.00. The van der Waals surface area contributed by atoms with E-state index in [4.69, 9.17) is 10.5 Å². The minimum Gasteiger partial charge on any atom is -0.485 e. The van der Waals surface area contributed by atoms with E-state index >= 15 is 0 Å². The number of nitrogens with one attached hydrogen (secondary N) is 1. The predicted octanol–water partition coefficient (Wildman–Crippen LogP) is 1.58. The summed E-state index contributed by atoms with van der Waals surface area (Å²) in [4.78, 5) is 3.97. The highest BCUT2D eigenvalue weighted by molar-refractivity contribution is 5.39. The fourth-order valence-electron chi connectivity index (χ4n) is 1.54. The number of nitrogens with zero attached hydrogens (tertiary/aromatic N) is 2. The zero-order valence-corrected chi connectivity index (χ0v) is 9.32. The second kappa shape index (κ2) is 4.22. The molecule has 0 aliphatic rings. The molecule has 0 amide bonds. The third kappa shape index (κ3) is 2.13. The van der Waals surface area contributed by atoms with Crippen molar-refractivity contribution >= 4 is 5.95 Å². The maximum Gasteiger partial charge on any atom is 0.239 e. The Hall–Kier alpha value is -2.04. The van der Waals surface area contributed by atoms with Gasteiger partial charge in [0.1, 0.15) is 12.4 Å². The van der Waals surface area contributed by atoms with Crippen LogP contribution in [0.15, 0.2) is 18.2 Å². The molecular weight excluding hydrogens is 204 g/mol. The number of aromatic nitrogens is 3. The molecule has 0 spiro atoms. The van der Waals surface area contributed by atoms with Gasteiger partial charge in [-0.2, -0.15) is 4.98 Å². The van der Waals surface area contributed by atoms with Gasteiger partial charge in [-0.15, -0.1) is 5.10 Å². The number of ether oxygens (including phenoxy) is 1. The van der Waals surface area contributed by atoms with Gasteiger partial charge < -0.3 is 10.5 Å². The summed E-state index contributed by atoms with van der Waals surface area (Å²) in [5, 5.41) is 6.44. The maximum absolute atomic E-state index is 5.68. The Morgan fingerprint density at radius 3 is 2.56 bits per heavy atom. The topological polar surface area (TPSA) is 76.8 Å². The Labute approximate surface area is 93.7 Å². The van der Waals surface area contributed by atoms with Crippen LogP contribution in [0.25, 0.3) is 0 Å². The van der Waals surface area contributed by atoms with Gasteiger partial charge in [-0.1, -0.05) is 18.2 Å². The highest BCUT2D eigenvalue weighted by Gasteiger charge is 2.05. The lowest BCUT2D eigenvalue weighted by atomic mass is 10.1. The summed E-state index contributed by atoms with van der Waals surface area (Å²) in [6, 6.07) is 6.03. The number of benzene rings is 1. The Kier molecular flexibility index (Phi) is 2.76. The second-order valence-electron chi connectivity index (χ2n) is 3.65. The van der Waals surface area contributed by atoms with E-state index < -0.39 is 0 Å². The van der Waals surface area contributed by atoms with Gasteiger partial charge in [0.2, 0.25) is 5.95 Å². The molecule has 3 N–H and O–H groups in total. The standard InChI is InChI=1S/C11H14N4O/c1-7-4-3-5-8(2)10(7)16-6-9-13-11(12)15-14-9/h3-5H,6H2,1-2H3,(H3,12,13,14,15). The number of hydrogen-bond acceptors (Lipinski definition) is 4. The molecule has 0 unspecified atom stereocenters. The lowest BCUT2D eigenvalue weighted by molar-refractivity contribution is 0.292. The fraction of sp³-hybridized carbons (Fsp3) is 0.273. The quantitative estimate of drug-likeness (QED) is 0.820. The number of rotatable bonds is 3. The first-order valence-corrected chi connectivity index (χ1v) is 5.02. The van der Waals surface area contributed by atoms with Gasteiger partial charge in [0.05, 0.1) is 0 Å². The van der Waals surface area contributed by atoms with Crippen LogP contribution in [0, 0.1) is 13.8 Å². The Bertz CT molecular complexity index is 472. The molecule has 2 rings (SSSR count). The highest BCUT2D eigenvalue weighted by Crippen LogP contribution is 2.22. The minimum absolute atomic E-state index is 0.236. The zero-order valence-electron chi connectivity index (χ0n) is 9.32. The van der Waals surface area contributed by atoms with Crippen molar-refractivity contribution in [3.8, 4) is 5.75 Å². The molecule has 2 aromatic rings. The van der Waals surface area contributed by atoms with Crippen molar-refractivity contribution in [1.82, 2.24) is 15.2 Å². The molecule has 0 saturated carbocycles. The number of H-pyrrole nitrogens is 1. The van der Waals surface area contributed by atoms with Crippen LogP contribution in [0.1, 0.15) is 17.0 Å². The third-order valence-corrected chi connectivity index (χ3v) is 2.31. The van der Waals surface area contributed by atoms with Gasteiger partial charge >= 0.3 is 0 Å². The van der Waals surface area contributed by atoms with Crippen molar-refractivity contribution in [1.29, 1.82) is 0 Å². The van der Waals surface area contributed by atoms with Gasteiger partial charge in [-0.05, 0) is 25.0 Å². The van der Waals surface area contributed by atoms with Crippen LogP contribution in [-0.2, 0) is 6.61 Å².